The molecule has 0 saturated carbocycles. The summed E-state index contributed by atoms with van der Waals surface area (Å²) < 4.78 is 10.9. The van der Waals surface area contributed by atoms with Crippen LogP contribution in [0.4, 0.5) is 0 Å². The average molecular weight is 915 g/mol. The van der Waals surface area contributed by atoms with Gasteiger partial charge in [0.2, 0.25) is 0 Å². The third kappa shape index (κ3) is 4.15. The Labute approximate surface area is 415 Å². The molecule has 0 aliphatic carbocycles. The Morgan fingerprint density at radius 3 is 1.64 bits per heavy atom. The summed E-state index contributed by atoms with van der Waals surface area (Å²) in [7, 11) is 0. The van der Waals surface area contributed by atoms with E-state index in [0.29, 0.717) is 0 Å². The van der Waals surface area contributed by atoms with Crippen LogP contribution in [0, 0.1) is 27.7 Å². The molecule has 1 unspecified atom stereocenters. The summed E-state index contributed by atoms with van der Waals surface area (Å²) in [5, 5.41) is 7.82. The first kappa shape index (κ1) is 38.0. The van der Waals surface area contributed by atoms with Crippen LogP contribution in [0.5, 0.6) is 0 Å². The van der Waals surface area contributed by atoms with Crippen LogP contribution >= 0.6 is 0 Å². The maximum absolute atomic E-state index is 2.84. The summed E-state index contributed by atoms with van der Waals surface area (Å²) in [6.07, 6.45) is 0. The molecule has 4 aromatic heterocycles. The minimum Gasteiger partial charge on any atom is -0.374 e. The number of para-hydroxylation sites is 5. The Morgan fingerprint density at radius 1 is 0.347 bits per heavy atom. The fourth-order valence-electron chi connectivity index (χ4n) is 15.4. The molecule has 72 heavy (non-hydrogen) atoms. The van der Waals surface area contributed by atoms with E-state index in [1.54, 1.807) is 0 Å². The molecule has 0 bridgehead atoms. The Bertz CT molecular complexity index is 4890. The zero-order chi connectivity index (χ0) is 47.2. The molecule has 10 aromatic carbocycles. The number of fused-ring (bicyclic) bond motifs is 19. The van der Waals surface area contributed by atoms with Crippen molar-refractivity contribution >= 4 is 94.2 Å². The molecular formula is C67H43BN4. The molecule has 4 aliphatic rings. The monoisotopic (exact) mass is 914 g/mol. The summed E-state index contributed by atoms with van der Waals surface area (Å²) in [5.74, 6) is 0. The van der Waals surface area contributed by atoms with E-state index in [4.69, 9.17) is 0 Å². The van der Waals surface area contributed by atoms with Crippen molar-refractivity contribution in [2.75, 3.05) is 0 Å². The van der Waals surface area contributed by atoms with Crippen LogP contribution in [0.1, 0.15) is 39.4 Å². The van der Waals surface area contributed by atoms with E-state index in [2.05, 4.69) is 228 Å². The van der Waals surface area contributed by atoms with Gasteiger partial charge in [0, 0.05) is 65.8 Å². The van der Waals surface area contributed by atoms with Gasteiger partial charge in [-0.2, -0.15) is 0 Å². The summed E-state index contributed by atoms with van der Waals surface area (Å²) >= 11 is 0. The van der Waals surface area contributed by atoms with Crippen molar-refractivity contribution in [3.63, 3.8) is 0 Å². The summed E-state index contributed by atoms with van der Waals surface area (Å²) in [6, 6.07) is 70.0. The molecule has 14 aromatic rings. The summed E-state index contributed by atoms with van der Waals surface area (Å²) in [4.78, 5) is 0. The van der Waals surface area contributed by atoms with Crippen LogP contribution in [-0.4, -0.2) is 25.0 Å². The molecule has 0 saturated heterocycles. The summed E-state index contributed by atoms with van der Waals surface area (Å²) in [5.41, 5.74) is 34.2. The van der Waals surface area contributed by atoms with Gasteiger partial charge in [-0.15, -0.1) is 0 Å². The molecule has 8 heterocycles. The highest BCUT2D eigenvalue weighted by atomic mass is 15.1. The van der Waals surface area contributed by atoms with Gasteiger partial charge in [0.15, 0.2) is 0 Å². The van der Waals surface area contributed by atoms with Crippen molar-refractivity contribution < 1.29 is 0 Å². The van der Waals surface area contributed by atoms with Gasteiger partial charge in [0.25, 0.3) is 0 Å². The molecule has 334 valence electrons. The Kier molecular flexibility index (Phi) is 6.73. The highest BCUT2D eigenvalue weighted by molar-refractivity contribution is 6.90. The molecule has 0 spiro atoms. The second-order valence-corrected chi connectivity index (χ2v) is 21.2. The molecule has 4 aliphatic heterocycles. The smallest absolute Gasteiger partial charge is 0.333 e. The predicted octanol–water partition coefficient (Wildman–Crippen LogP) is 15.4. The van der Waals surface area contributed by atoms with Gasteiger partial charge in [0.1, 0.15) is 0 Å². The normalized spacial score (nSPS) is 14.5. The second-order valence-electron chi connectivity index (χ2n) is 21.2. The van der Waals surface area contributed by atoms with Crippen LogP contribution in [0.15, 0.2) is 182 Å². The molecule has 0 N–H and O–H groups in total. The van der Waals surface area contributed by atoms with E-state index in [1.165, 1.54) is 177 Å². The van der Waals surface area contributed by atoms with Crippen molar-refractivity contribution in [2.24, 2.45) is 0 Å². The number of aryl methyl sites for hydroxylation is 4. The van der Waals surface area contributed by atoms with Gasteiger partial charge in [-0.1, -0.05) is 158 Å². The van der Waals surface area contributed by atoms with Crippen molar-refractivity contribution in [3.05, 3.63) is 215 Å². The maximum Gasteiger partial charge on any atom is 0.333 e. The van der Waals surface area contributed by atoms with Gasteiger partial charge >= 0.3 is 6.85 Å². The third-order valence-electron chi connectivity index (χ3n) is 17.8. The number of hydrogen-bond donors (Lipinski definition) is 0. The van der Waals surface area contributed by atoms with Crippen LogP contribution in [-0.2, 0) is 0 Å². The van der Waals surface area contributed by atoms with E-state index in [0.717, 1.165) is 0 Å². The van der Waals surface area contributed by atoms with Crippen molar-refractivity contribution in [3.8, 4) is 55.9 Å². The third-order valence-corrected chi connectivity index (χ3v) is 17.8. The topological polar surface area (TPSA) is 19.7 Å². The highest BCUT2D eigenvalue weighted by Crippen LogP contribution is 2.59. The SMILES string of the molecule is Cc1cccc(C)c1-c1ccc2c3c1-c1cccc4c1n(c1c5ccc(-c6c(C)cccc6C)c6c5n(c41)C1c4c-6cccc4-n4c5ccccc5c5cccc1c54)B3c1cccc3c4ccccc4n-2c13. The number of hydrogen-bond acceptors (Lipinski definition) is 0. The highest BCUT2D eigenvalue weighted by Gasteiger charge is 2.46. The predicted molar refractivity (Wildman–Crippen MR) is 302 cm³/mol. The Hall–Kier alpha value is -8.80. The molecule has 4 nitrogen and oxygen atoms in total. The van der Waals surface area contributed by atoms with E-state index >= 15 is 0 Å². The molecule has 0 radical (unpaired) electrons. The first-order valence-electron chi connectivity index (χ1n) is 25.6. The largest absolute Gasteiger partial charge is 0.374 e. The van der Waals surface area contributed by atoms with Crippen LogP contribution in [0.3, 0.4) is 0 Å². The van der Waals surface area contributed by atoms with Crippen molar-refractivity contribution in [1.82, 2.24) is 18.2 Å². The quantitative estimate of drug-likeness (QED) is 0.154. The second kappa shape index (κ2) is 12.7. The van der Waals surface area contributed by atoms with E-state index in [9.17, 15) is 0 Å². The fourth-order valence-corrected chi connectivity index (χ4v) is 15.4. The van der Waals surface area contributed by atoms with E-state index in [1.807, 2.05) is 0 Å². The van der Waals surface area contributed by atoms with Crippen molar-refractivity contribution in [2.45, 2.75) is 33.7 Å². The van der Waals surface area contributed by atoms with Crippen LogP contribution in [0.2, 0.25) is 0 Å². The van der Waals surface area contributed by atoms with E-state index in [-0.39, 0.29) is 12.9 Å². The number of aromatic nitrogens is 4. The van der Waals surface area contributed by atoms with Gasteiger partial charge in [0.05, 0.1) is 50.3 Å². The first-order chi connectivity index (χ1) is 35.5. The minimum absolute atomic E-state index is 0.0682. The average Bonchev–Trinajstić information content (AvgIpc) is 4.14. The van der Waals surface area contributed by atoms with E-state index < -0.39 is 0 Å². The minimum atomic E-state index is -0.0912. The lowest BCUT2D eigenvalue weighted by molar-refractivity contribution is 0.711. The number of rotatable bonds is 2. The van der Waals surface area contributed by atoms with Crippen molar-refractivity contribution in [1.29, 1.82) is 0 Å². The Balaban J connectivity index is 1.08. The van der Waals surface area contributed by atoms with Gasteiger partial charge in [-0.25, -0.2) is 0 Å². The van der Waals surface area contributed by atoms with Crippen LogP contribution < -0.4 is 10.9 Å². The van der Waals surface area contributed by atoms with Gasteiger partial charge in [-0.3, -0.25) is 0 Å². The van der Waals surface area contributed by atoms with Gasteiger partial charge < -0.3 is 18.2 Å². The zero-order valence-electron chi connectivity index (χ0n) is 40.3. The van der Waals surface area contributed by atoms with Crippen LogP contribution in [0.25, 0.3) is 132 Å². The summed E-state index contributed by atoms with van der Waals surface area (Å²) in [6.45, 7) is 9.07. The molecule has 5 heteroatoms. The molecule has 18 rings (SSSR count). The Morgan fingerprint density at radius 2 is 0.903 bits per heavy atom. The fraction of sp³-hybridized carbons (Fsp3) is 0.0746. The lowest BCUT2D eigenvalue weighted by Gasteiger charge is -2.37. The number of benzene rings is 10. The molecular weight excluding hydrogens is 872 g/mol. The maximum atomic E-state index is 2.84. The zero-order valence-corrected chi connectivity index (χ0v) is 40.3. The number of nitrogens with zero attached hydrogens (tertiary/aromatic N) is 4. The molecule has 0 amide bonds. The lowest BCUT2D eigenvalue weighted by Crippen LogP contribution is -2.55. The lowest BCUT2D eigenvalue weighted by atomic mass is 9.45. The molecule has 0 fully saturated rings. The standard InChI is InChI=1S/C67H43BN4/c1-35-15-9-16-36(2)55(35)44-33-34-54-60-57(44)46-24-12-26-48-62(46)72(68(60)50-27-13-22-42-40-20-6-8-29-52(40)70(54)63(42)50)67-49-32-31-45(56-37(3)17-10-18-38(56)4)58-43-23-14-30-53-59(43)65(71(64(49)58)66(48)67)47-25-11-21-41-39-19-5-7-28-51(39)69(53)61(41)47/h5-34,65H,1-4H3. The molecule has 1 atom stereocenters. The first-order valence-corrected chi connectivity index (χ1v) is 25.6. The van der Waals surface area contributed by atoms with Gasteiger partial charge in [-0.05, 0) is 119 Å².